The average Bonchev–Trinajstić information content (AvgIpc) is 3.39. The second-order valence-corrected chi connectivity index (χ2v) is 10.2. The molecule has 4 aromatic rings. The summed E-state index contributed by atoms with van der Waals surface area (Å²) in [5.74, 6) is 0.339. The third-order valence-corrected chi connectivity index (χ3v) is 7.92. The molecule has 0 spiro atoms. The molecule has 1 aliphatic heterocycles. The number of hydrogen-bond acceptors (Lipinski definition) is 7. The Kier molecular flexibility index (Phi) is 7.93. The molecule has 1 amide bonds. The Labute approximate surface area is 225 Å². The molecule has 5 rings (SSSR count). The fraction of sp³-hybridized carbons (Fsp3) is 0.310. The van der Waals surface area contributed by atoms with Gasteiger partial charge in [-0.25, -0.2) is 24.1 Å². The third-order valence-electron chi connectivity index (χ3n) is 6.68. The lowest BCUT2D eigenvalue weighted by Gasteiger charge is -2.30. The Balaban J connectivity index is 1.45. The van der Waals surface area contributed by atoms with E-state index >= 15 is 0 Å². The van der Waals surface area contributed by atoms with Crippen molar-refractivity contribution in [2.24, 2.45) is 0 Å². The summed E-state index contributed by atoms with van der Waals surface area (Å²) in [6.07, 6.45) is 2.98. The molecule has 1 atom stereocenters. The van der Waals surface area contributed by atoms with Crippen LogP contribution in [0.25, 0.3) is 21.8 Å². The van der Waals surface area contributed by atoms with Gasteiger partial charge < -0.3 is 15.0 Å². The van der Waals surface area contributed by atoms with Gasteiger partial charge in [-0.1, -0.05) is 42.5 Å². The number of anilines is 1. The molecule has 2 aromatic heterocycles. The Morgan fingerprint density at radius 2 is 1.84 bits per heavy atom. The van der Waals surface area contributed by atoms with Gasteiger partial charge >= 0.3 is 6.09 Å². The second kappa shape index (κ2) is 11.7. The van der Waals surface area contributed by atoms with Crippen LogP contribution in [0.5, 0.6) is 0 Å². The number of thiazole rings is 1. The monoisotopic (exact) mass is 531 g/mol. The highest BCUT2D eigenvalue weighted by Crippen LogP contribution is 2.42. The van der Waals surface area contributed by atoms with E-state index in [0.717, 1.165) is 28.3 Å². The van der Waals surface area contributed by atoms with E-state index in [9.17, 15) is 9.18 Å². The number of rotatable bonds is 7. The molecule has 0 saturated carbocycles. The first-order valence-corrected chi connectivity index (χ1v) is 13.7. The van der Waals surface area contributed by atoms with Crippen molar-refractivity contribution in [1.29, 1.82) is 0 Å². The lowest BCUT2D eigenvalue weighted by Crippen LogP contribution is -2.38. The van der Waals surface area contributed by atoms with E-state index in [-0.39, 0.29) is 23.9 Å². The Bertz CT molecular complexity index is 1390. The number of benzene rings is 2. The summed E-state index contributed by atoms with van der Waals surface area (Å²) < 4.78 is 20.1. The molecule has 1 N–H and O–H groups in total. The fourth-order valence-electron chi connectivity index (χ4n) is 4.62. The maximum absolute atomic E-state index is 14.9. The highest BCUT2D eigenvalue weighted by molar-refractivity contribution is 7.15. The van der Waals surface area contributed by atoms with Crippen molar-refractivity contribution < 1.29 is 13.9 Å². The number of likely N-dealkylation sites (tertiary alicyclic amines) is 1. The highest BCUT2D eigenvalue weighted by Gasteiger charge is 2.29. The van der Waals surface area contributed by atoms with Gasteiger partial charge in [-0.2, -0.15) is 0 Å². The Morgan fingerprint density at radius 1 is 1.11 bits per heavy atom. The number of piperidine rings is 1. The van der Waals surface area contributed by atoms with Gasteiger partial charge in [0.15, 0.2) is 0 Å². The maximum Gasteiger partial charge on any atom is 0.409 e. The minimum absolute atomic E-state index is 0.0130. The van der Waals surface area contributed by atoms with Crippen LogP contribution < -0.4 is 5.32 Å². The van der Waals surface area contributed by atoms with Crippen molar-refractivity contribution >= 4 is 23.4 Å². The van der Waals surface area contributed by atoms with Crippen molar-refractivity contribution in [3.05, 3.63) is 83.2 Å². The number of ether oxygens (including phenoxy) is 1. The highest BCUT2D eigenvalue weighted by atomic mass is 32.1. The fourth-order valence-corrected chi connectivity index (χ4v) is 5.84. The largest absolute Gasteiger partial charge is 0.450 e. The van der Waals surface area contributed by atoms with Crippen LogP contribution in [-0.4, -0.2) is 45.6 Å². The van der Waals surface area contributed by atoms with E-state index in [0.29, 0.717) is 42.6 Å². The van der Waals surface area contributed by atoms with Gasteiger partial charge in [0.05, 0.1) is 33.9 Å². The number of carbonyl (C=O) groups excluding carboxylic acids is 1. The van der Waals surface area contributed by atoms with E-state index in [1.54, 1.807) is 23.2 Å². The van der Waals surface area contributed by atoms with E-state index in [1.165, 1.54) is 17.4 Å². The number of hydrogen-bond donors (Lipinski definition) is 1. The van der Waals surface area contributed by atoms with Gasteiger partial charge in [0.2, 0.25) is 5.95 Å². The maximum atomic E-state index is 14.9. The standard InChI is InChI=1S/C29H30FN5O2S/c1-3-37-29(36)35-17-14-21(15-18-35)27-34-25(22-11-7-8-12-23(22)30)26(38-27)24-13-16-31-28(33-24)32-19(2)20-9-5-4-6-10-20/h4-13,16,19,21H,3,14-15,17-18H2,1-2H3,(H,31,32,33). The number of nitrogens with zero attached hydrogens (tertiary/aromatic N) is 4. The molecule has 38 heavy (non-hydrogen) atoms. The van der Waals surface area contributed by atoms with Gasteiger partial charge in [0.1, 0.15) is 5.82 Å². The molecule has 0 radical (unpaired) electrons. The summed E-state index contributed by atoms with van der Waals surface area (Å²) in [5, 5.41) is 4.30. The van der Waals surface area contributed by atoms with Crippen LogP contribution in [-0.2, 0) is 4.74 Å². The van der Waals surface area contributed by atoms with Gasteiger partial charge in [-0.05, 0) is 50.5 Å². The van der Waals surface area contributed by atoms with E-state index < -0.39 is 0 Å². The van der Waals surface area contributed by atoms with Crippen LogP contribution in [0.3, 0.4) is 0 Å². The first-order chi connectivity index (χ1) is 18.5. The smallest absolute Gasteiger partial charge is 0.409 e. The first-order valence-electron chi connectivity index (χ1n) is 12.9. The lowest BCUT2D eigenvalue weighted by molar-refractivity contribution is 0.0970. The van der Waals surface area contributed by atoms with Crippen molar-refractivity contribution in [3.8, 4) is 21.8 Å². The number of nitrogens with one attached hydrogen (secondary N) is 1. The van der Waals surface area contributed by atoms with Crippen LogP contribution in [0, 0.1) is 5.82 Å². The molecule has 2 aromatic carbocycles. The number of halogens is 1. The minimum Gasteiger partial charge on any atom is -0.450 e. The van der Waals surface area contributed by atoms with Crippen LogP contribution in [0.4, 0.5) is 15.1 Å². The minimum atomic E-state index is -0.326. The Hall–Kier alpha value is -3.85. The summed E-state index contributed by atoms with van der Waals surface area (Å²) in [6, 6.07) is 18.6. The van der Waals surface area contributed by atoms with Crippen LogP contribution in [0.1, 0.15) is 49.2 Å². The summed E-state index contributed by atoms with van der Waals surface area (Å²) >= 11 is 1.54. The molecule has 0 bridgehead atoms. The lowest BCUT2D eigenvalue weighted by atomic mass is 9.98. The zero-order valence-electron chi connectivity index (χ0n) is 21.4. The average molecular weight is 532 g/mol. The number of amides is 1. The van der Waals surface area contributed by atoms with Gasteiger partial charge in [-0.3, -0.25) is 0 Å². The molecule has 3 heterocycles. The van der Waals surface area contributed by atoms with Gasteiger partial charge in [-0.15, -0.1) is 11.3 Å². The number of aromatic nitrogens is 3. The zero-order chi connectivity index (χ0) is 26.5. The zero-order valence-corrected chi connectivity index (χ0v) is 22.2. The third kappa shape index (κ3) is 5.67. The van der Waals surface area contributed by atoms with E-state index in [1.807, 2.05) is 37.3 Å². The molecule has 7 nitrogen and oxygen atoms in total. The van der Waals surface area contributed by atoms with Crippen molar-refractivity contribution in [2.45, 2.75) is 38.6 Å². The molecule has 196 valence electrons. The van der Waals surface area contributed by atoms with E-state index in [4.69, 9.17) is 14.7 Å². The SMILES string of the molecule is CCOC(=O)N1CCC(c2nc(-c3ccccc3F)c(-c3ccnc(NC(C)c4ccccc4)n3)s2)CC1. The first kappa shape index (κ1) is 25.8. The van der Waals surface area contributed by atoms with Gasteiger partial charge in [0, 0.05) is 30.8 Å². The van der Waals surface area contributed by atoms with Gasteiger partial charge in [0.25, 0.3) is 0 Å². The summed E-state index contributed by atoms with van der Waals surface area (Å²) in [7, 11) is 0. The summed E-state index contributed by atoms with van der Waals surface area (Å²) in [4.78, 5) is 28.8. The van der Waals surface area contributed by atoms with Crippen LogP contribution in [0.15, 0.2) is 66.9 Å². The second-order valence-electron chi connectivity index (χ2n) is 9.21. The van der Waals surface area contributed by atoms with Crippen LogP contribution in [0.2, 0.25) is 0 Å². The predicted molar refractivity (Wildman–Crippen MR) is 148 cm³/mol. The summed E-state index contributed by atoms with van der Waals surface area (Å²) in [5.41, 5.74) is 2.84. The number of carbonyl (C=O) groups is 1. The van der Waals surface area contributed by atoms with Crippen molar-refractivity contribution in [3.63, 3.8) is 0 Å². The molecule has 1 fully saturated rings. The quantitative estimate of drug-likeness (QED) is 0.279. The normalized spacial score (nSPS) is 14.8. The molecule has 1 unspecified atom stereocenters. The Morgan fingerprint density at radius 3 is 2.58 bits per heavy atom. The summed E-state index contributed by atoms with van der Waals surface area (Å²) in [6.45, 7) is 5.44. The molecule has 1 aliphatic rings. The molecule has 0 aliphatic carbocycles. The molecule has 9 heteroatoms. The van der Waals surface area contributed by atoms with Crippen molar-refractivity contribution in [2.75, 3.05) is 25.0 Å². The predicted octanol–water partition coefficient (Wildman–Crippen LogP) is 6.92. The van der Waals surface area contributed by atoms with E-state index in [2.05, 4.69) is 29.4 Å². The molecule has 1 saturated heterocycles. The van der Waals surface area contributed by atoms with Crippen molar-refractivity contribution in [1.82, 2.24) is 19.9 Å². The van der Waals surface area contributed by atoms with Crippen LogP contribution >= 0.6 is 11.3 Å². The topological polar surface area (TPSA) is 80.2 Å². The molecular weight excluding hydrogens is 501 g/mol. The molecular formula is C29H30FN5O2S.